The number of hydrogen-bond acceptors (Lipinski definition) is 6. The van der Waals surface area contributed by atoms with Crippen LogP contribution in [0.3, 0.4) is 0 Å². The lowest BCUT2D eigenvalue weighted by molar-refractivity contribution is -0.119. The molecule has 27 heavy (non-hydrogen) atoms. The lowest BCUT2D eigenvalue weighted by Crippen LogP contribution is -2.51. The Balaban J connectivity index is 1.37. The number of fused-ring (bicyclic) bond motifs is 1. The Hall–Kier alpha value is -2.56. The minimum atomic E-state index is 0.159. The molecule has 0 unspecified atom stereocenters. The highest BCUT2D eigenvalue weighted by Gasteiger charge is 2.26. The molecule has 0 N–H and O–H groups in total. The summed E-state index contributed by atoms with van der Waals surface area (Å²) in [6.07, 6.45) is 1.72. The molecule has 1 aromatic heterocycles. The van der Waals surface area contributed by atoms with Crippen LogP contribution in [0.2, 0.25) is 0 Å². The fraction of sp³-hybridized carbons (Fsp3) is 0.350. The maximum absolute atomic E-state index is 12.9. The van der Waals surface area contributed by atoms with Gasteiger partial charge in [0.1, 0.15) is 11.9 Å². The van der Waals surface area contributed by atoms with Gasteiger partial charge in [-0.1, -0.05) is 12.1 Å². The number of amides is 1. The van der Waals surface area contributed by atoms with Gasteiger partial charge in [-0.15, -0.1) is 11.8 Å². The molecule has 1 fully saturated rings. The van der Waals surface area contributed by atoms with Crippen LogP contribution < -0.4 is 9.80 Å². The first-order valence-electron chi connectivity index (χ1n) is 9.11. The van der Waals surface area contributed by atoms with Crippen LogP contribution in [0.1, 0.15) is 5.56 Å². The van der Waals surface area contributed by atoms with Gasteiger partial charge in [0.05, 0.1) is 17.8 Å². The first kappa shape index (κ1) is 17.8. The molecular weight excluding hydrogens is 358 g/mol. The van der Waals surface area contributed by atoms with Gasteiger partial charge in [-0.2, -0.15) is 5.26 Å². The summed E-state index contributed by atoms with van der Waals surface area (Å²) in [6, 6.07) is 13.9. The fourth-order valence-electron chi connectivity index (χ4n) is 3.56. The van der Waals surface area contributed by atoms with Crippen molar-refractivity contribution in [2.75, 3.05) is 54.8 Å². The van der Waals surface area contributed by atoms with E-state index >= 15 is 0 Å². The summed E-state index contributed by atoms with van der Waals surface area (Å²) >= 11 is 1.81. The van der Waals surface area contributed by atoms with Crippen molar-refractivity contribution >= 4 is 29.2 Å². The lowest BCUT2D eigenvalue weighted by Gasteiger charge is -2.37. The summed E-state index contributed by atoms with van der Waals surface area (Å²) in [4.78, 5) is 24.7. The molecule has 7 heteroatoms. The average Bonchev–Trinajstić information content (AvgIpc) is 2.74. The zero-order chi connectivity index (χ0) is 18.6. The van der Waals surface area contributed by atoms with E-state index in [2.05, 4.69) is 26.9 Å². The molecule has 0 atom stereocenters. The predicted molar refractivity (Wildman–Crippen MR) is 107 cm³/mol. The Kier molecular flexibility index (Phi) is 5.28. The summed E-state index contributed by atoms with van der Waals surface area (Å²) in [5, 5.41) is 9.27. The second kappa shape index (κ2) is 7.99. The van der Waals surface area contributed by atoms with Crippen molar-refractivity contribution < 1.29 is 4.79 Å². The number of hydrogen-bond donors (Lipinski definition) is 0. The molecular formula is C20H21N5OS. The molecule has 0 spiro atoms. The number of aromatic nitrogens is 1. The summed E-state index contributed by atoms with van der Waals surface area (Å²) in [7, 11) is 0. The molecule has 1 aromatic carbocycles. The van der Waals surface area contributed by atoms with Crippen molar-refractivity contribution in [1.82, 2.24) is 9.88 Å². The van der Waals surface area contributed by atoms with Crippen molar-refractivity contribution in [3.63, 3.8) is 0 Å². The topological polar surface area (TPSA) is 63.5 Å². The minimum absolute atomic E-state index is 0.159. The zero-order valence-corrected chi connectivity index (χ0v) is 15.9. The van der Waals surface area contributed by atoms with Crippen molar-refractivity contribution in [2.45, 2.75) is 4.90 Å². The van der Waals surface area contributed by atoms with Gasteiger partial charge in [0.25, 0.3) is 0 Å². The van der Waals surface area contributed by atoms with E-state index in [0.29, 0.717) is 12.1 Å². The molecule has 2 aromatic rings. The van der Waals surface area contributed by atoms with E-state index in [1.165, 1.54) is 4.90 Å². The maximum Gasteiger partial charge on any atom is 0.241 e. The highest BCUT2D eigenvalue weighted by Crippen LogP contribution is 2.34. The summed E-state index contributed by atoms with van der Waals surface area (Å²) < 4.78 is 0. The first-order chi connectivity index (χ1) is 13.3. The van der Waals surface area contributed by atoms with Crippen molar-refractivity contribution in [3.05, 3.63) is 48.2 Å². The molecule has 0 radical (unpaired) electrons. The number of carbonyl (C=O) groups excluding carboxylic acids is 1. The van der Waals surface area contributed by atoms with Gasteiger partial charge in [-0.25, -0.2) is 4.98 Å². The highest BCUT2D eigenvalue weighted by molar-refractivity contribution is 7.99. The quantitative estimate of drug-likeness (QED) is 0.815. The van der Waals surface area contributed by atoms with Gasteiger partial charge in [0.2, 0.25) is 5.91 Å². The van der Waals surface area contributed by atoms with E-state index in [9.17, 15) is 10.1 Å². The number of para-hydroxylation sites is 1. The van der Waals surface area contributed by atoms with E-state index in [1.807, 2.05) is 34.9 Å². The van der Waals surface area contributed by atoms with E-state index in [4.69, 9.17) is 0 Å². The molecule has 0 saturated carbocycles. The van der Waals surface area contributed by atoms with Gasteiger partial charge in [0, 0.05) is 49.6 Å². The van der Waals surface area contributed by atoms with Crippen LogP contribution >= 0.6 is 11.8 Å². The molecule has 0 aliphatic carbocycles. The van der Waals surface area contributed by atoms with Crippen LogP contribution in [-0.4, -0.2) is 60.8 Å². The SMILES string of the molecule is N#Cc1cccnc1N1CCN(CC(=O)N2CCSc3ccccc32)CC1. The number of anilines is 2. The van der Waals surface area contributed by atoms with Gasteiger partial charge >= 0.3 is 0 Å². The summed E-state index contributed by atoms with van der Waals surface area (Å²) in [5.74, 6) is 1.84. The van der Waals surface area contributed by atoms with Crippen molar-refractivity contribution in [2.24, 2.45) is 0 Å². The zero-order valence-electron chi connectivity index (χ0n) is 15.0. The molecule has 3 heterocycles. The van der Waals surface area contributed by atoms with Crippen LogP contribution in [0.5, 0.6) is 0 Å². The van der Waals surface area contributed by atoms with Crippen LogP contribution in [0.15, 0.2) is 47.5 Å². The van der Waals surface area contributed by atoms with Crippen LogP contribution in [0.25, 0.3) is 0 Å². The minimum Gasteiger partial charge on any atom is -0.353 e. The van der Waals surface area contributed by atoms with E-state index in [0.717, 1.165) is 50.0 Å². The third-order valence-electron chi connectivity index (χ3n) is 4.97. The number of piperazine rings is 1. The summed E-state index contributed by atoms with van der Waals surface area (Å²) in [6.45, 7) is 4.31. The molecule has 2 aliphatic rings. The molecule has 2 aliphatic heterocycles. The molecule has 0 bridgehead atoms. The van der Waals surface area contributed by atoms with Crippen molar-refractivity contribution in [3.8, 4) is 6.07 Å². The smallest absolute Gasteiger partial charge is 0.241 e. The second-order valence-corrected chi connectivity index (χ2v) is 7.75. The fourth-order valence-corrected chi connectivity index (χ4v) is 4.55. The molecule has 138 valence electrons. The normalized spacial score (nSPS) is 17.3. The monoisotopic (exact) mass is 379 g/mol. The van der Waals surface area contributed by atoms with Crippen molar-refractivity contribution in [1.29, 1.82) is 5.26 Å². The van der Waals surface area contributed by atoms with Crippen LogP contribution in [-0.2, 0) is 4.79 Å². The number of rotatable bonds is 3. The third-order valence-corrected chi connectivity index (χ3v) is 6.01. The molecule has 1 saturated heterocycles. The maximum atomic E-state index is 12.9. The Morgan fingerprint density at radius 3 is 2.74 bits per heavy atom. The number of benzene rings is 1. The molecule has 6 nitrogen and oxygen atoms in total. The number of nitriles is 1. The Labute approximate surface area is 163 Å². The average molecular weight is 379 g/mol. The Bertz CT molecular complexity index is 873. The Morgan fingerprint density at radius 1 is 1.11 bits per heavy atom. The molecule has 4 rings (SSSR count). The lowest BCUT2D eigenvalue weighted by atomic mass is 10.2. The second-order valence-electron chi connectivity index (χ2n) is 6.61. The van der Waals surface area contributed by atoms with Gasteiger partial charge in [0.15, 0.2) is 0 Å². The first-order valence-corrected chi connectivity index (χ1v) is 10.1. The Morgan fingerprint density at radius 2 is 1.93 bits per heavy atom. The van der Waals surface area contributed by atoms with Gasteiger partial charge in [-0.3, -0.25) is 9.69 Å². The standard InChI is InChI=1S/C20H21N5OS/c21-14-16-4-3-7-22-20(16)24-10-8-23(9-11-24)15-19(26)25-12-13-27-18-6-2-1-5-17(18)25/h1-7H,8-13,15H2. The summed E-state index contributed by atoms with van der Waals surface area (Å²) in [5.41, 5.74) is 1.63. The van der Waals surface area contributed by atoms with E-state index in [-0.39, 0.29) is 5.91 Å². The van der Waals surface area contributed by atoms with Gasteiger partial charge < -0.3 is 9.80 Å². The van der Waals surface area contributed by atoms with Gasteiger partial charge in [-0.05, 0) is 24.3 Å². The van der Waals surface area contributed by atoms with E-state index in [1.54, 1.807) is 18.3 Å². The third kappa shape index (κ3) is 3.77. The number of pyridine rings is 1. The molecule has 1 amide bonds. The number of nitrogens with zero attached hydrogens (tertiary/aromatic N) is 5. The highest BCUT2D eigenvalue weighted by atomic mass is 32.2. The van der Waals surface area contributed by atoms with Crippen LogP contribution in [0, 0.1) is 11.3 Å². The number of carbonyl (C=O) groups is 1. The van der Waals surface area contributed by atoms with Crippen LogP contribution in [0.4, 0.5) is 11.5 Å². The predicted octanol–water partition coefficient (Wildman–Crippen LogP) is 2.21. The largest absolute Gasteiger partial charge is 0.353 e. The number of thioether (sulfide) groups is 1. The van der Waals surface area contributed by atoms with E-state index < -0.39 is 0 Å².